The second kappa shape index (κ2) is 8.11. The fourth-order valence-electron chi connectivity index (χ4n) is 3.36. The van der Waals surface area contributed by atoms with E-state index in [0.717, 1.165) is 36.3 Å². The number of nitrogens with one attached hydrogen (secondary N) is 1. The first-order chi connectivity index (χ1) is 12.7. The van der Waals surface area contributed by atoms with E-state index in [9.17, 15) is 9.59 Å². The zero-order chi connectivity index (χ0) is 18.5. The number of benzene rings is 2. The number of hydrogen-bond acceptors (Lipinski definition) is 3. The summed E-state index contributed by atoms with van der Waals surface area (Å²) < 4.78 is 0. The maximum Gasteiger partial charge on any atom is 0.255 e. The number of carbonyl (C=O) groups is 2. The summed E-state index contributed by atoms with van der Waals surface area (Å²) in [6.07, 6.45) is 0. The lowest BCUT2D eigenvalue weighted by molar-refractivity contribution is -0.117. The molecule has 2 aromatic rings. The molecule has 4 nitrogen and oxygen atoms in total. The zero-order valence-electron chi connectivity index (χ0n) is 15.3. The van der Waals surface area contributed by atoms with Gasteiger partial charge in [-0.3, -0.25) is 9.59 Å². The molecule has 134 valence electrons. The molecule has 0 fully saturated rings. The van der Waals surface area contributed by atoms with Gasteiger partial charge in [0.1, 0.15) is 0 Å². The van der Waals surface area contributed by atoms with E-state index in [1.807, 2.05) is 48.5 Å². The summed E-state index contributed by atoms with van der Waals surface area (Å²) in [5.74, 6) is -0.489. The minimum atomic E-state index is -0.294. The van der Waals surface area contributed by atoms with Gasteiger partial charge >= 0.3 is 0 Å². The Morgan fingerprint density at radius 2 is 1.54 bits per heavy atom. The van der Waals surface area contributed by atoms with Gasteiger partial charge in [0.05, 0.1) is 5.57 Å². The van der Waals surface area contributed by atoms with E-state index in [2.05, 4.69) is 24.1 Å². The normalized spacial score (nSPS) is 13.3. The average Bonchev–Trinajstić information content (AvgIpc) is 2.99. The molecule has 0 aliphatic heterocycles. The van der Waals surface area contributed by atoms with Crippen LogP contribution in [0.1, 0.15) is 35.3 Å². The molecule has 0 spiro atoms. The predicted molar refractivity (Wildman–Crippen MR) is 104 cm³/mol. The lowest BCUT2D eigenvalue weighted by atomic mass is 9.97. The monoisotopic (exact) mass is 348 g/mol. The van der Waals surface area contributed by atoms with Gasteiger partial charge in [0.15, 0.2) is 5.78 Å². The Morgan fingerprint density at radius 1 is 0.923 bits per heavy atom. The van der Waals surface area contributed by atoms with Gasteiger partial charge in [-0.2, -0.15) is 0 Å². The van der Waals surface area contributed by atoms with Gasteiger partial charge < -0.3 is 10.2 Å². The van der Waals surface area contributed by atoms with Crippen molar-refractivity contribution < 1.29 is 9.59 Å². The van der Waals surface area contributed by atoms with Gasteiger partial charge in [-0.1, -0.05) is 68.4 Å². The molecule has 26 heavy (non-hydrogen) atoms. The molecule has 3 rings (SSSR count). The van der Waals surface area contributed by atoms with Crippen molar-refractivity contribution in [3.63, 3.8) is 0 Å². The molecule has 1 aliphatic rings. The number of amides is 1. The molecule has 2 aromatic carbocycles. The third kappa shape index (κ3) is 3.46. The third-order valence-corrected chi connectivity index (χ3v) is 4.82. The van der Waals surface area contributed by atoms with Crippen LogP contribution in [0.2, 0.25) is 0 Å². The number of likely N-dealkylation sites (N-methyl/N-ethyl adjacent to an activating group) is 1. The van der Waals surface area contributed by atoms with E-state index >= 15 is 0 Å². The van der Waals surface area contributed by atoms with Crippen LogP contribution in [0, 0.1) is 0 Å². The molecule has 0 heterocycles. The highest BCUT2D eigenvalue weighted by atomic mass is 16.2. The van der Waals surface area contributed by atoms with E-state index in [4.69, 9.17) is 0 Å². The Balaban J connectivity index is 1.92. The summed E-state index contributed by atoms with van der Waals surface area (Å²) in [6, 6.07) is 17.1. The van der Waals surface area contributed by atoms with Crippen LogP contribution in [0.15, 0.2) is 60.2 Å². The van der Waals surface area contributed by atoms with Gasteiger partial charge in [-0.05, 0) is 24.2 Å². The maximum atomic E-state index is 12.9. The SMILES string of the molecule is CCN(CC)CCNC(=O)C1=C(c2ccccc2)c2ccccc2C1=O. The first-order valence-corrected chi connectivity index (χ1v) is 9.11. The second-order valence-electron chi connectivity index (χ2n) is 6.27. The van der Waals surface area contributed by atoms with Gasteiger partial charge in [-0.15, -0.1) is 0 Å². The first kappa shape index (κ1) is 18.1. The van der Waals surface area contributed by atoms with Gasteiger partial charge in [-0.25, -0.2) is 0 Å². The first-order valence-electron chi connectivity index (χ1n) is 9.11. The van der Waals surface area contributed by atoms with Crippen molar-refractivity contribution in [2.45, 2.75) is 13.8 Å². The van der Waals surface area contributed by atoms with Crippen LogP contribution in [-0.4, -0.2) is 42.8 Å². The second-order valence-corrected chi connectivity index (χ2v) is 6.27. The van der Waals surface area contributed by atoms with Gasteiger partial charge in [0, 0.05) is 24.2 Å². The highest BCUT2D eigenvalue weighted by Gasteiger charge is 2.34. The minimum Gasteiger partial charge on any atom is -0.351 e. The summed E-state index contributed by atoms with van der Waals surface area (Å²) in [5, 5.41) is 2.93. The number of hydrogen-bond donors (Lipinski definition) is 1. The van der Waals surface area contributed by atoms with Crippen LogP contribution < -0.4 is 5.32 Å². The summed E-state index contributed by atoms with van der Waals surface area (Å²) in [7, 11) is 0. The zero-order valence-corrected chi connectivity index (χ0v) is 15.3. The fourth-order valence-corrected chi connectivity index (χ4v) is 3.36. The molecule has 0 saturated heterocycles. The smallest absolute Gasteiger partial charge is 0.255 e. The van der Waals surface area contributed by atoms with Crippen LogP contribution in [0.5, 0.6) is 0 Å². The summed E-state index contributed by atoms with van der Waals surface area (Å²) in [6.45, 7) is 7.37. The number of carbonyl (C=O) groups excluding carboxylic acids is 2. The van der Waals surface area contributed by atoms with E-state index in [0.29, 0.717) is 12.1 Å². The highest BCUT2D eigenvalue weighted by Crippen LogP contribution is 2.37. The van der Waals surface area contributed by atoms with E-state index in [1.165, 1.54) is 0 Å². The lowest BCUT2D eigenvalue weighted by Crippen LogP contribution is -2.36. The lowest BCUT2D eigenvalue weighted by Gasteiger charge is -2.18. The van der Waals surface area contributed by atoms with Crippen molar-refractivity contribution in [1.29, 1.82) is 0 Å². The maximum absolute atomic E-state index is 12.9. The van der Waals surface area contributed by atoms with Crippen LogP contribution in [0.3, 0.4) is 0 Å². The summed E-state index contributed by atoms with van der Waals surface area (Å²) in [5.41, 5.74) is 3.29. The van der Waals surface area contributed by atoms with E-state index < -0.39 is 0 Å². The van der Waals surface area contributed by atoms with Crippen molar-refractivity contribution in [3.05, 3.63) is 76.9 Å². The Labute approximate surface area is 154 Å². The number of fused-ring (bicyclic) bond motifs is 1. The molecule has 0 radical (unpaired) electrons. The Kier molecular flexibility index (Phi) is 5.64. The number of ketones is 1. The van der Waals surface area contributed by atoms with Gasteiger partial charge in [0.2, 0.25) is 0 Å². The van der Waals surface area contributed by atoms with Crippen molar-refractivity contribution in [1.82, 2.24) is 10.2 Å². The van der Waals surface area contributed by atoms with E-state index in [1.54, 1.807) is 6.07 Å². The Morgan fingerprint density at radius 3 is 2.19 bits per heavy atom. The van der Waals surface area contributed by atoms with Crippen LogP contribution >= 0.6 is 0 Å². The molecule has 0 bridgehead atoms. The van der Waals surface area contributed by atoms with Crippen LogP contribution in [0.25, 0.3) is 5.57 Å². The Hall–Kier alpha value is -2.72. The number of Topliss-reactive ketones (excluding diaryl/α,β-unsaturated/α-hetero) is 1. The van der Waals surface area contributed by atoms with E-state index in [-0.39, 0.29) is 17.3 Å². The molecule has 1 N–H and O–H groups in total. The van der Waals surface area contributed by atoms with Crippen LogP contribution in [-0.2, 0) is 4.79 Å². The number of nitrogens with zero attached hydrogens (tertiary/aromatic N) is 1. The van der Waals surface area contributed by atoms with Crippen molar-refractivity contribution in [3.8, 4) is 0 Å². The standard InChI is InChI=1S/C22H24N2O2/c1-3-24(4-2)15-14-23-22(26)20-19(16-10-6-5-7-11-16)17-12-8-9-13-18(17)21(20)25/h5-13H,3-4,14-15H2,1-2H3,(H,23,26). The van der Waals surface area contributed by atoms with Crippen molar-refractivity contribution >= 4 is 17.3 Å². The molecule has 4 heteroatoms. The molecule has 0 aromatic heterocycles. The molecule has 0 atom stereocenters. The molecular weight excluding hydrogens is 324 g/mol. The molecule has 1 amide bonds. The topological polar surface area (TPSA) is 49.4 Å². The predicted octanol–water partition coefficient (Wildman–Crippen LogP) is 3.14. The quantitative estimate of drug-likeness (QED) is 0.782. The Bertz CT molecular complexity index is 836. The average molecular weight is 348 g/mol. The summed E-state index contributed by atoms with van der Waals surface area (Å²) in [4.78, 5) is 28.0. The largest absolute Gasteiger partial charge is 0.351 e. The van der Waals surface area contributed by atoms with Crippen molar-refractivity contribution in [2.75, 3.05) is 26.2 Å². The van der Waals surface area contributed by atoms with Crippen molar-refractivity contribution in [2.24, 2.45) is 0 Å². The molecule has 0 unspecified atom stereocenters. The highest BCUT2D eigenvalue weighted by molar-refractivity contribution is 6.36. The number of rotatable bonds is 7. The molecular formula is C22H24N2O2. The van der Waals surface area contributed by atoms with Gasteiger partial charge in [0.25, 0.3) is 5.91 Å². The molecule has 1 aliphatic carbocycles. The third-order valence-electron chi connectivity index (χ3n) is 4.82. The minimum absolute atomic E-state index is 0.195. The molecule has 0 saturated carbocycles. The summed E-state index contributed by atoms with van der Waals surface area (Å²) >= 11 is 0. The van der Waals surface area contributed by atoms with Crippen LogP contribution in [0.4, 0.5) is 0 Å². The fraction of sp³-hybridized carbons (Fsp3) is 0.273.